The van der Waals surface area contributed by atoms with Crippen molar-refractivity contribution in [2.75, 3.05) is 23.7 Å². The van der Waals surface area contributed by atoms with Gasteiger partial charge in [-0.15, -0.1) is 0 Å². The first-order valence-electron chi connectivity index (χ1n) is 8.48. The van der Waals surface area contributed by atoms with Gasteiger partial charge in [0.2, 0.25) is 0 Å². The summed E-state index contributed by atoms with van der Waals surface area (Å²) < 4.78 is 0. The van der Waals surface area contributed by atoms with Crippen LogP contribution in [0.4, 0.5) is 11.5 Å². The van der Waals surface area contributed by atoms with Crippen molar-refractivity contribution in [3.63, 3.8) is 0 Å². The van der Waals surface area contributed by atoms with Gasteiger partial charge in [0, 0.05) is 35.9 Å². The van der Waals surface area contributed by atoms with Crippen LogP contribution in [0.25, 0.3) is 10.9 Å². The third kappa shape index (κ3) is 3.85. The van der Waals surface area contributed by atoms with Gasteiger partial charge in [0.1, 0.15) is 5.82 Å². The molecule has 0 radical (unpaired) electrons. The molecule has 1 aliphatic rings. The molecule has 1 saturated heterocycles. The zero-order valence-corrected chi connectivity index (χ0v) is 15.0. The number of nitro groups is 1. The second-order valence-corrected chi connectivity index (χ2v) is 7.69. The molecule has 0 saturated carbocycles. The van der Waals surface area contributed by atoms with E-state index in [1.54, 1.807) is 12.1 Å². The summed E-state index contributed by atoms with van der Waals surface area (Å²) in [5, 5.41) is 21.6. The quantitative estimate of drug-likeness (QED) is 0.605. The number of hydrogen-bond donors (Lipinski definition) is 0. The van der Waals surface area contributed by atoms with Crippen LogP contribution in [-0.4, -0.2) is 34.0 Å². The van der Waals surface area contributed by atoms with Crippen molar-refractivity contribution < 1.29 is 4.92 Å². The summed E-state index contributed by atoms with van der Waals surface area (Å²) in [7, 11) is 0. The van der Waals surface area contributed by atoms with E-state index in [1.807, 2.05) is 11.8 Å². The molecule has 0 spiro atoms. The number of thioether (sulfide) groups is 1. The van der Waals surface area contributed by atoms with E-state index in [0.717, 1.165) is 31.1 Å². The van der Waals surface area contributed by atoms with Gasteiger partial charge in [-0.25, -0.2) is 4.98 Å². The Hall–Kier alpha value is -2.33. The molecule has 6 nitrogen and oxygen atoms in total. The molecule has 0 bridgehead atoms. The van der Waals surface area contributed by atoms with E-state index in [1.165, 1.54) is 25.0 Å². The molecule has 1 aliphatic heterocycles. The van der Waals surface area contributed by atoms with E-state index < -0.39 is 4.92 Å². The van der Waals surface area contributed by atoms with Crippen LogP contribution in [0.15, 0.2) is 24.3 Å². The highest BCUT2D eigenvalue weighted by atomic mass is 32.2. The Balaban J connectivity index is 2.00. The van der Waals surface area contributed by atoms with Crippen molar-refractivity contribution >= 4 is 34.2 Å². The largest absolute Gasteiger partial charge is 0.355 e. The third-order valence-corrected chi connectivity index (χ3v) is 5.65. The van der Waals surface area contributed by atoms with Crippen LogP contribution in [-0.2, 0) is 0 Å². The molecule has 130 valence electrons. The Morgan fingerprint density at radius 3 is 3.00 bits per heavy atom. The second kappa shape index (κ2) is 7.70. The van der Waals surface area contributed by atoms with Gasteiger partial charge >= 0.3 is 0 Å². The number of non-ortho nitro benzene ring substituents is 1. The topological polar surface area (TPSA) is 83.1 Å². The summed E-state index contributed by atoms with van der Waals surface area (Å²) >= 11 is 1.97. The number of anilines is 1. The summed E-state index contributed by atoms with van der Waals surface area (Å²) in [6.45, 7) is 4.03. The molecule has 0 N–H and O–H groups in total. The maximum Gasteiger partial charge on any atom is 0.270 e. The molecular weight excluding hydrogens is 336 g/mol. The Bertz CT molecular complexity index is 834. The van der Waals surface area contributed by atoms with Crippen molar-refractivity contribution in [2.45, 2.75) is 31.4 Å². The fraction of sp³-hybridized carbons (Fsp3) is 0.444. The van der Waals surface area contributed by atoms with E-state index in [-0.39, 0.29) is 5.69 Å². The summed E-state index contributed by atoms with van der Waals surface area (Å²) in [6, 6.07) is 8.45. The monoisotopic (exact) mass is 356 g/mol. The number of nitriles is 1. The van der Waals surface area contributed by atoms with Crippen LogP contribution in [0.2, 0.25) is 0 Å². The van der Waals surface area contributed by atoms with Crippen molar-refractivity contribution in [1.82, 2.24) is 4.98 Å². The number of hydrogen-bond acceptors (Lipinski definition) is 6. The highest BCUT2D eigenvalue weighted by Gasteiger charge is 2.21. The minimum absolute atomic E-state index is 0.0206. The van der Waals surface area contributed by atoms with Crippen LogP contribution < -0.4 is 4.90 Å². The van der Waals surface area contributed by atoms with Gasteiger partial charge < -0.3 is 4.90 Å². The first kappa shape index (κ1) is 17.5. The average molecular weight is 356 g/mol. The fourth-order valence-electron chi connectivity index (χ4n) is 3.25. The van der Waals surface area contributed by atoms with Gasteiger partial charge in [-0.3, -0.25) is 10.1 Å². The molecule has 1 atom stereocenters. The molecule has 0 aliphatic carbocycles. The number of nitrogens with zero attached hydrogens (tertiary/aromatic N) is 4. The van der Waals surface area contributed by atoms with Crippen LogP contribution in [0.3, 0.4) is 0 Å². The molecule has 1 unspecified atom stereocenters. The molecule has 2 heterocycles. The number of fused-ring (bicyclic) bond motifs is 1. The normalized spacial score (nSPS) is 17.9. The fourth-order valence-corrected chi connectivity index (χ4v) is 4.34. The molecule has 1 fully saturated rings. The van der Waals surface area contributed by atoms with Crippen LogP contribution in [0, 0.1) is 21.4 Å². The van der Waals surface area contributed by atoms with Gasteiger partial charge in [0.15, 0.2) is 0 Å². The number of benzene rings is 1. The number of aromatic nitrogens is 1. The van der Waals surface area contributed by atoms with E-state index in [4.69, 9.17) is 0 Å². The van der Waals surface area contributed by atoms with Crippen molar-refractivity contribution in [1.29, 1.82) is 5.26 Å². The highest BCUT2D eigenvalue weighted by Crippen LogP contribution is 2.29. The number of rotatable bonds is 4. The predicted octanol–water partition coefficient (Wildman–Crippen LogP) is 4.13. The summed E-state index contributed by atoms with van der Waals surface area (Å²) in [4.78, 5) is 17.5. The molecule has 7 heteroatoms. The molecule has 1 aromatic heterocycles. The zero-order valence-electron chi connectivity index (χ0n) is 14.1. The van der Waals surface area contributed by atoms with Gasteiger partial charge in [0.25, 0.3) is 5.69 Å². The minimum atomic E-state index is -0.449. The van der Waals surface area contributed by atoms with Crippen LogP contribution in [0.1, 0.15) is 31.7 Å². The van der Waals surface area contributed by atoms with Gasteiger partial charge in [-0.05, 0) is 30.7 Å². The first-order valence-corrected chi connectivity index (χ1v) is 9.53. The zero-order chi connectivity index (χ0) is 17.8. The molecular formula is C18H20N4O2S. The Kier molecular flexibility index (Phi) is 5.39. The third-order valence-electron chi connectivity index (χ3n) is 4.46. The van der Waals surface area contributed by atoms with E-state index in [2.05, 4.69) is 22.9 Å². The minimum Gasteiger partial charge on any atom is -0.355 e. The Labute approximate surface area is 151 Å². The van der Waals surface area contributed by atoms with E-state index in [0.29, 0.717) is 21.7 Å². The molecule has 2 aromatic rings. The number of pyridine rings is 1. The van der Waals surface area contributed by atoms with E-state index >= 15 is 0 Å². The molecule has 3 rings (SSSR count). The summed E-state index contributed by atoms with van der Waals surface area (Å²) in [6.07, 6.45) is 3.53. The van der Waals surface area contributed by atoms with E-state index in [9.17, 15) is 15.4 Å². The van der Waals surface area contributed by atoms with Gasteiger partial charge in [-0.2, -0.15) is 17.0 Å². The summed E-state index contributed by atoms with van der Waals surface area (Å²) in [5.41, 5.74) is 1.05. The van der Waals surface area contributed by atoms with Crippen LogP contribution in [0.5, 0.6) is 0 Å². The molecule has 25 heavy (non-hydrogen) atoms. The standard InChI is InChI=1S/C18H20N4O2S/c1-2-25-15-5-3-4-8-21(12-15)18-9-13(11-19)16-10-14(22(23)24)6-7-17(16)20-18/h6-7,9-10,15H,2-5,8,12H2,1H3. The van der Waals surface area contributed by atoms with Gasteiger partial charge in [-0.1, -0.05) is 13.3 Å². The van der Waals surface area contributed by atoms with Crippen molar-refractivity contribution in [3.05, 3.63) is 39.9 Å². The summed E-state index contributed by atoms with van der Waals surface area (Å²) in [5.74, 6) is 1.89. The number of nitro benzene ring substituents is 1. The lowest BCUT2D eigenvalue weighted by molar-refractivity contribution is -0.384. The Morgan fingerprint density at radius 2 is 2.28 bits per heavy atom. The predicted molar refractivity (Wildman–Crippen MR) is 101 cm³/mol. The van der Waals surface area contributed by atoms with Gasteiger partial charge in [0.05, 0.1) is 22.1 Å². The highest BCUT2D eigenvalue weighted by molar-refractivity contribution is 7.99. The Morgan fingerprint density at radius 1 is 1.44 bits per heavy atom. The maximum atomic E-state index is 11.0. The molecule has 0 amide bonds. The maximum absolute atomic E-state index is 11.0. The first-order chi connectivity index (χ1) is 12.1. The lowest BCUT2D eigenvalue weighted by Crippen LogP contribution is -2.30. The second-order valence-electron chi connectivity index (χ2n) is 6.12. The lowest BCUT2D eigenvalue weighted by Gasteiger charge is -2.25. The average Bonchev–Trinajstić information content (AvgIpc) is 2.86. The van der Waals surface area contributed by atoms with Crippen molar-refractivity contribution in [3.8, 4) is 6.07 Å². The molecule has 1 aromatic carbocycles. The lowest BCUT2D eigenvalue weighted by atomic mass is 10.1. The van der Waals surface area contributed by atoms with Crippen molar-refractivity contribution in [2.24, 2.45) is 0 Å². The van der Waals surface area contributed by atoms with Crippen LogP contribution >= 0.6 is 11.8 Å². The smallest absolute Gasteiger partial charge is 0.270 e. The SMILES string of the molecule is CCSC1CCCCN(c2cc(C#N)c3cc([N+](=O)[O-])ccc3n2)C1.